The van der Waals surface area contributed by atoms with Gasteiger partial charge in [0.25, 0.3) is 5.91 Å². The lowest BCUT2D eigenvalue weighted by atomic mass is 10.0. The second kappa shape index (κ2) is 13.0. The van der Waals surface area contributed by atoms with Gasteiger partial charge in [0, 0.05) is 10.7 Å². The topological polar surface area (TPSA) is 89.8 Å². The minimum absolute atomic E-state index is 0.205. The Morgan fingerprint density at radius 3 is 2.39 bits per heavy atom. The summed E-state index contributed by atoms with van der Waals surface area (Å²) in [5.41, 5.74) is 2.48. The molecule has 0 aliphatic carbocycles. The SMILES string of the molecule is CCOc1cc(/C=C(\C#N)c2ccc(OC)c(OC)c2)cc(I)c1OCC(=O)Nc1ccc(Cl)cc1. The molecule has 0 unspecified atom stereocenters. The van der Waals surface area contributed by atoms with Crippen molar-refractivity contribution in [2.75, 3.05) is 32.8 Å². The van der Waals surface area contributed by atoms with Crippen molar-refractivity contribution in [3.63, 3.8) is 0 Å². The number of halogens is 2. The predicted octanol–water partition coefficient (Wildman–Crippen LogP) is 6.44. The molecule has 0 aromatic heterocycles. The third-order valence-electron chi connectivity index (χ3n) is 4.93. The van der Waals surface area contributed by atoms with Crippen molar-refractivity contribution in [3.05, 3.63) is 74.3 Å². The summed E-state index contributed by atoms with van der Waals surface area (Å²) in [5, 5.41) is 13.2. The summed E-state index contributed by atoms with van der Waals surface area (Å²) in [6.07, 6.45) is 1.75. The number of nitriles is 1. The lowest BCUT2D eigenvalue weighted by Crippen LogP contribution is -2.20. The van der Waals surface area contributed by atoms with E-state index in [1.807, 2.05) is 13.0 Å². The van der Waals surface area contributed by atoms with Gasteiger partial charge in [0.15, 0.2) is 29.6 Å². The number of nitrogens with one attached hydrogen (secondary N) is 1. The minimum Gasteiger partial charge on any atom is -0.493 e. The number of ether oxygens (including phenoxy) is 4. The highest BCUT2D eigenvalue weighted by atomic mass is 127. The Morgan fingerprint density at radius 2 is 1.75 bits per heavy atom. The van der Waals surface area contributed by atoms with Gasteiger partial charge >= 0.3 is 0 Å². The van der Waals surface area contributed by atoms with Crippen LogP contribution in [0.4, 0.5) is 5.69 Å². The molecule has 36 heavy (non-hydrogen) atoms. The van der Waals surface area contributed by atoms with Crippen LogP contribution in [0.2, 0.25) is 5.02 Å². The highest BCUT2D eigenvalue weighted by molar-refractivity contribution is 14.1. The van der Waals surface area contributed by atoms with Gasteiger partial charge in [-0.3, -0.25) is 4.79 Å². The first-order chi connectivity index (χ1) is 17.4. The molecule has 0 fully saturated rings. The number of hydrogen-bond donors (Lipinski definition) is 1. The smallest absolute Gasteiger partial charge is 0.262 e. The van der Waals surface area contributed by atoms with Gasteiger partial charge in [0.05, 0.1) is 36.0 Å². The van der Waals surface area contributed by atoms with Crippen molar-refractivity contribution in [2.45, 2.75) is 6.92 Å². The van der Waals surface area contributed by atoms with Crippen LogP contribution in [0.3, 0.4) is 0 Å². The van der Waals surface area contributed by atoms with Crippen molar-refractivity contribution in [3.8, 4) is 29.1 Å². The Kier molecular flexibility index (Phi) is 9.85. The first-order valence-corrected chi connectivity index (χ1v) is 12.3. The van der Waals surface area contributed by atoms with Crippen LogP contribution >= 0.6 is 34.2 Å². The maximum Gasteiger partial charge on any atom is 0.262 e. The van der Waals surface area contributed by atoms with Gasteiger partial charge in [0.2, 0.25) is 0 Å². The van der Waals surface area contributed by atoms with Gasteiger partial charge in [0.1, 0.15) is 0 Å². The third kappa shape index (κ3) is 7.06. The van der Waals surface area contributed by atoms with E-state index in [1.54, 1.807) is 68.8 Å². The number of rotatable bonds is 10. The zero-order chi connectivity index (χ0) is 26.1. The van der Waals surface area contributed by atoms with Crippen LogP contribution in [0.15, 0.2) is 54.6 Å². The molecule has 3 aromatic rings. The van der Waals surface area contributed by atoms with E-state index in [2.05, 4.69) is 34.0 Å². The number of anilines is 1. The molecule has 0 spiro atoms. The van der Waals surface area contributed by atoms with Gasteiger partial charge in [-0.25, -0.2) is 0 Å². The van der Waals surface area contributed by atoms with E-state index in [9.17, 15) is 10.1 Å². The third-order valence-corrected chi connectivity index (χ3v) is 5.99. The predicted molar refractivity (Wildman–Crippen MR) is 149 cm³/mol. The highest BCUT2D eigenvalue weighted by Gasteiger charge is 2.15. The Balaban J connectivity index is 1.84. The van der Waals surface area contributed by atoms with Crippen LogP contribution in [0, 0.1) is 14.9 Å². The Morgan fingerprint density at radius 1 is 1.03 bits per heavy atom. The maximum absolute atomic E-state index is 12.4. The quantitative estimate of drug-likeness (QED) is 0.160. The zero-order valence-corrected chi connectivity index (χ0v) is 22.8. The van der Waals surface area contributed by atoms with E-state index in [-0.39, 0.29) is 12.5 Å². The minimum atomic E-state index is -0.320. The summed E-state index contributed by atoms with van der Waals surface area (Å²) >= 11 is 8.00. The molecule has 0 radical (unpaired) electrons. The number of carbonyl (C=O) groups excluding carboxylic acids is 1. The van der Waals surface area contributed by atoms with Crippen LogP contribution < -0.4 is 24.3 Å². The zero-order valence-electron chi connectivity index (χ0n) is 19.9. The van der Waals surface area contributed by atoms with Gasteiger partial charge in [-0.05, 0) is 101 Å². The van der Waals surface area contributed by atoms with Crippen LogP contribution in [0.25, 0.3) is 11.6 Å². The molecule has 0 saturated heterocycles. The molecule has 0 bridgehead atoms. The van der Waals surface area contributed by atoms with Crippen LogP contribution in [-0.2, 0) is 4.79 Å². The van der Waals surface area contributed by atoms with E-state index in [0.29, 0.717) is 51.5 Å². The van der Waals surface area contributed by atoms with Crippen molar-refractivity contribution >= 4 is 57.4 Å². The normalized spacial score (nSPS) is 10.8. The fourth-order valence-electron chi connectivity index (χ4n) is 3.29. The highest BCUT2D eigenvalue weighted by Crippen LogP contribution is 2.36. The van der Waals surface area contributed by atoms with Crippen LogP contribution in [0.1, 0.15) is 18.1 Å². The summed E-state index contributed by atoms with van der Waals surface area (Å²) in [6.45, 7) is 2.05. The second-order valence-electron chi connectivity index (χ2n) is 7.35. The van der Waals surface area contributed by atoms with E-state index in [4.69, 9.17) is 30.5 Å². The molecule has 0 heterocycles. The molecule has 0 saturated carbocycles. The fraction of sp³-hybridized carbons (Fsp3) is 0.185. The summed E-state index contributed by atoms with van der Waals surface area (Å²) in [5.74, 6) is 1.71. The maximum atomic E-state index is 12.4. The number of nitrogens with zero attached hydrogens (tertiary/aromatic N) is 1. The number of benzene rings is 3. The van der Waals surface area contributed by atoms with Crippen molar-refractivity contribution < 1.29 is 23.7 Å². The molecular weight excluding hydrogens is 595 g/mol. The molecule has 1 N–H and O–H groups in total. The first kappa shape index (κ1) is 27.2. The summed E-state index contributed by atoms with van der Waals surface area (Å²) in [6, 6.07) is 18.0. The Labute approximate surface area is 228 Å². The van der Waals surface area contributed by atoms with Gasteiger partial charge in [-0.2, -0.15) is 5.26 Å². The Hall–Kier alpha value is -3.42. The number of methoxy groups -OCH3 is 2. The molecule has 0 atom stereocenters. The van der Waals surface area contributed by atoms with E-state index in [0.717, 1.165) is 9.13 Å². The van der Waals surface area contributed by atoms with Crippen molar-refractivity contribution in [2.24, 2.45) is 0 Å². The lowest BCUT2D eigenvalue weighted by molar-refractivity contribution is -0.118. The molecule has 9 heteroatoms. The van der Waals surface area contributed by atoms with E-state index in [1.165, 1.54) is 0 Å². The first-order valence-electron chi connectivity index (χ1n) is 10.9. The number of hydrogen-bond acceptors (Lipinski definition) is 6. The van der Waals surface area contributed by atoms with Gasteiger partial charge in [-0.1, -0.05) is 11.6 Å². The molecule has 0 aliphatic rings. The molecule has 3 rings (SSSR count). The average molecular weight is 619 g/mol. The summed E-state index contributed by atoms with van der Waals surface area (Å²) in [7, 11) is 3.10. The average Bonchev–Trinajstić information content (AvgIpc) is 2.88. The van der Waals surface area contributed by atoms with Crippen molar-refractivity contribution in [1.29, 1.82) is 5.26 Å². The van der Waals surface area contributed by atoms with Crippen LogP contribution in [-0.4, -0.2) is 33.3 Å². The summed E-state index contributed by atoms with van der Waals surface area (Å²) in [4.78, 5) is 12.4. The fourth-order valence-corrected chi connectivity index (χ4v) is 4.20. The van der Waals surface area contributed by atoms with Crippen LogP contribution in [0.5, 0.6) is 23.0 Å². The van der Waals surface area contributed by atoms with E-state index >= 15 is 0 Å². The monoisotopic (exact) mass is 618 g/mol. The van der Waals surface area contributed by atoms with Gasteiger partial charge in [-0.15, -0.1) is 0 Å². The molecule has 3 aromatic carbocycles. The van der Waals surface area contributed by atoms with Gasteiger partial charge < -0.3 is 24.3 Å². The van der Waals surface area contributed by atoms with Crippen molar-refractivity contribution in [1.82, 2.24) is 0 Å². The molecule has 7 nitrogen and oxygen atoms in total. The number of allylic oxidation sites excluding steroid dienone is 1. The standard InChI is InChI=1S/C27H24ClIN2O5/c1-4-35-25-13-17(11-19(15-30)18-5-10-23(33-2)24(14-18)34-3)12-22(29)27(25)36-16-26(32)31-21-8-6-20(28)7-9-21/h5-14H,4,16H2,1-3H3,(H,31,32)/b19-11+. The second-order valence-corrected chi connectivity index (χ2v) is 8.94. The number of amides is 1. The molecule has 0 aliphatic heterocycles. The lowest BCUT2D eigenvalue weighted by Gasteiger charge is -2.15. The summed E-state index contributed by atoms with van der Waals surface area (Å²) < 4.78 is 23.0. The molecule has 186 valence electrons. The molecule has 1 amide bonds. The van der Waals surface area contributed by atoms with E-state index < -0.39 is 0 Å². The number of carbonyl (C=O) groups is 1. The largest absolute Gasteiger partial charge is 0.493 e. The Bertz CT molecular complexity index is 1300. The molecular formula is C27H24ClIN2O5.